The van der Waals surface area contributed by atoms with E-state index in [1.54, 1.807) is 0 Å². The van der Waals surface area contributed by atoms with Crippen LogP contribution in [0.1, 0.15) is 22.7 Å². The molecule has 0 unspecified atom stereocenters. The van der Waals surface area contributed by atoms with Gasteiger partial charge < -0.3 is 0 Å². The van der Waals surface area contributed by atoms with E-state index < -0.39 is 0 Å². The summed E-state index contributed by atoms with van der Waals surface area (Å²) in [5.74, 6) is 0. The van der Waals surface area contributed by atoms with Gasteiger partial charge in [-0.25, -0.2) is 0 Å². The van der Waals surface area contributed by atoms with Gasteiger partial charge in [0, 0.05) is 32.4 Å². The molecule has 0 aromatic heterocycles. The van der Waals surface area contributed by atoms with Gasteiger partial charge in [0.05, 0.1) is 6.04 Å². The lowest BCUT2D eigenvalue weighted by Gasteiger charge is -2.37. The molecule has 144 valence electrons. The molecular weight excluding hydrogens is 354 g/mol. The molecule has 1 saturated heterocycles. The van der Waals surface area contributed by atoms with Crippen LogP contribution in [0.15, 0.2) is 90.0 Å². The highest BCUT2D eigenvalue weighted by molar-refractivity contribution is 5.79. The lowest BCUT2D eigenvalue weighted by atomic mass is 10.0. The minimum atomic E-state index is 0.367. The minimum absolute atomic E-state index is 0.367. The van der Waals surface area contributed by atoms with Crippen LogP contribution in [0.3, 0.4) is 0 Å². The van der Waals surface area contributed by atoms with Crippen LogP contribution >= 0.6 is 0 Å². The molecule has 3 aromatic rings. The topological polar surface area (TPSA) is 18.8 Å². The Morgan fingerprint density at radius 1 is 0.690 bits per heavy atom. The van der Waals surface area contributed by atoms with E-state index in [9.17, 15) is 0 Å². The number of hydrazone groups is 1. The molecule has 1 aliphatic carbocycles. The maximum Gasteiger partial charge on any atom is 0.0615 e. The molecule has 0 atom stereocenters. The second-order valence-electron chi connectivity index (χ2n) is 7.60. The zero-order valence-corrected chi connectivity index (χ0v) is 16.5. The van der Waals surface area contributed by atoms with E-state index in [-0.39, 0.29) is 0 Å². The first-order chi connectivity index (χ1) is 14.4. The van der Waals surface area contributed by atoms with Crippen molar-refractivity contribution >= 4 is 12.3 Å². The molecule has 1 aliphatic heterocycles. The highest BCUT2D eigenvalue weighted by Gasteiger charge is 2.33. The summed E-state index contributed by atoms with van der Waals surface area (Å²) in [6.45, 7) is 3.95. The van der Waals surface area contributed by atoms with Crippen molar-refractivity contribution in [1.29, 1.82) is 0 Å². The third-order valence-corrected chi connectivity index (χ3v) is 5.86. The van der Waals surface area contributed by atoms with Crippen molar-refractivity contribution < 1.29 is 0 Å². The molecule has 0 saturated carbocycles. The maximum absolute atomic E-state index is 4.64. The summed E-state index contributed by atoms with van der Waals surface area (Å²) < 4.78 is 0. The van der Waals surface area contributed by atoms with E-state index in [1.165, 1.54) is 27.8 Å². The molecule has 5 rings (SSSR count). The van der Waals surface area contributed by atoms with Crippen LogP contribution in [0.2, 0.25) is 0 Å². The summed E-state index contributed by atoms with van der Waals surface area (Å²) in [6.07, 6.45) is 6.01. The molecule has 0 amide bonds. The fourth-order valence-corrected chi connectivity index (χ4v) is 4.46. The fourth-order valence-electron chi connectivity index (χ4n) is 4.46. The summed E-state index contributed by atoms with van der Waals surface area (Å²) in [4.78, 5) is 2.61. The van der Waals surface area contributed by atoms with Crippen LogP contribution in [0.4, 0.5) is 0 Å². The largest absolute Gasteiger partial charge is 0.294 e. The van der Waals surface area contributed by atoms with Gasteiger partial charge in [-0.15, -0.1) is 0 Å². The fraction of sp³-hybridized carbons (Fsp3) is 0.192. The molecule has 1 heterocycles. The maximum atomic E-state index is 4.64. The average molecular weight is 380 g/mol. The van der Waals surface area contributed by atoms with Crippen molar-refractivity contribution in [3.05, 3.63) is 102 Å². The Hall–Kier alpha value is -3.17. The third-order valence-electron chi connectivity index (χ3n) is 5.86. The van der Waals surface area contributed by atoms with Crippen molar-refractivity contribution in [2.24, 2.45) is 5.10 Å². The Morgan fingerprint density at radius 2 is 1.28 bits per heavy atom. The zero-order valence-electron chi connectivity index (χ0n) is 16.5. The number of allylic oxidation sites excluding steroid dienone is 1. The molecule has 0 radical (unpaired) electrons. The second kappa shape index (κ2) is 8.06. The van der Waals surface area contributed by atoms with Crippen LogP contribution in [-0.2, 0) is 0 Å². The van der Waals surface area contributed by atoms with Gasteiger partial charge in [0.25, 0.3) is 0 Å². The molecule has 3 aromatic carbocycles. The van der Waals surface area contributed by atoms with Crippen LogP contribution in [0.5, 0.6) is 0 Å². The first-order valence-corrected chi connectivity index (χ1v) is 10.3. The monoisotopic (exact) mass is 379 g/mol. The lowest BCUT2D eigenvalue weighted by Crippen LogP contribution is -2.45. The number of hydrogen-bond donors (Lipinski definition) is 0. The zero-order chi connectivity index (χ0) is 19.5. The van der Waals surface area contributed by atoms with Crippen molar-refractivity contribution in [3.8, 4) is 11.1 Å². The van der Waals surface area contributed by atoms with Gasteiger partial charge in [0.1, 0.15) is 0 Å². The van der Waals surface area contributed by atoms with E-state index in [4.69, 9.17) is 0 Å². The van der Waals surface area contributed by atoms with E-state index >= 15 is 0 Å². The Morgan fingerprint density at radius 3 is 1.93 bits per heavy atom. The van der Waals surface area contributed by atoms with E-state index in [0.29, 0.717) is 6.04 Å². The number of piperazine rings is 1. The van der Waals surface area contributed by atoms with Gasteiger partial charge in [-0.2, -0.15) is 5.10 Å². The summed E-state index contributed by atoms with van der Waals surface area (Å²) in [5.41, 5.74) is 6.86. The van der Waals surface area contributed by atoms with Crippen LogP contribution in [0.25, 0.3) is 17.2 Å². The number of fused-ring (bicyclic) bond motifs is 3. The second-order valence-corrected chi connectivity index (χ2v) is 7.60. The Labute approximate surface area is 172 Å². The average Bonchev–Trinajstić information content (AvgIpc) is 3.12. The van der Waals surface area contributed by atoms with Crippen LogP contribution < -0.4 is 0 Å². The standard InChI is InChI=1S/C26H25N3/c1-2-9-21(10-3-1)11-8-16-27-29-19-17-28(18-20-29)26-24-14-6-4-12-22(24)23-13-5-7-15-25(23)26/h1-16,26H,17-20H2. The van der Waals surface area contributed by atoms with Gasteiger partial charge in [0.15, 0.2) is 0 Å². The van der Waals surface area contributed by atoms with Gasteiger partial charge in [0.2, 0.25) is 0 Å². The molecule has 1 fully saturated rings. The summed E-state index contributed by atoms with van der Waals surface area (Å²) >= 11 is 0. The van der Waals surface area contributed by atoms with E-state index in [1.807, 2.05) is 18.4 Å². The number of benzene rings is 3. The van der Waals surface area contributed by atoms with Gasteiger partial charge in [-0.1, -0.05) is 84.9 Å². The van der Waals surface area contributed by atoms with Gasteiger partial charge >= 0.3 is 0 Å². The van der Waals surface area contributed by atoms with Gasteiger partial charge in [-0.05, 0) is 33.9 Å². The Kier molecular flexibility index (Phi) is 4.97. The molecule has 0 N–H and O–H groups in total. The van der Waals surface area contributed by atoms with E-state index in [2.05, 4.69) is 93.9 Å². The number of rotatable bonds is 4. The summed E-state index contributed by atoms with van der Waals surface area (Å²) in [7, 11) is 0. The third kappa shape index (κ3) is 3.62. The molecule has 3 heteroatoms. The van der Waals surface area contributed by atoms with Gasteiger partial charge in [-0.3, -0.25) is 9.91 Å². The molecule has 0 spiro atoms. The van der Waals surface area contributed by atoms with Crippen LogP contribution in [-0.4, -0.2) is 42.3 Å². The first-order valence-electron chi connectivity index (χ1n) is 10.3. The highest BCUT2D eigenvalue weighted by Crippen LogP contribution is 2.46. The van der Waals surface area contributed by atoms with Crippen molar-refractivity contribution in [3.63, 3.8) is 0 Å². The van der Waals surface area contributed by atoms with Crippen molar-refractivity contribution in [2.45, 2.75) is 6.04 Å². The quantitative estimate of drug-likeness (QED) is 0.589. The Balaban J connectivity index is 1.25. The Bertz CT molecular complexity index is 985. The first kappa shape index (κ1) is 17.9. The molecule has 2 aliphatic rings. The van der Waals surface area contributed by atoms with Crippen molar-refractivity contribution in [2.75, 3.05) is 26.2 Å². The smallest absolute Gasteiger partial charge is 0.0615 e. The number of hydrogen-bond acceptors (Lipinski definition) is 3. The molecule has 29 heavy (non-hydrogen) atoms. The summed E-state index contributed by atoms with van der Waals surface area (Å²) in [5, 5.41) is 6.82. The predicted molar refractivity (Wildman–Crippen MR) is 121 cm³/mol. The minimum Gasteiger partial charge on any atom is -0.294 e. The SMILES string of the molecule is C(=Cc1ccccc1)C=NN1CCN(C2c3ccccc3-c3ccccc32)CC1. The van der Waals surface area contributed by atoms with Crippen LogP contribution in [0, 0.1) is 0 Å². The van der Waals surface area contributed by atoms with Crippen molar-refractivity contribution in [1.82, 2.24) is 9.91 Å². The number of nitrogens with zero attached hydrogens (tertiary/aromatic N) is 3. The van der Waals surface area contributed by atoms with E-state index in [0.717, 1.165) is 26.2 Å². The molecule has 0 bridgehead atoms. The molecular formula is C26H25N3. The normalized spacial score (nSPS) is 17.2. The summed E-state index contributed by atoms with van der Waals surface area (Å²) in [6, 6.07) is 28.4. The molecule has 3 nitrogen and oxygen atoms in total. The highest BCUT2D eigenvalue weighted by atomic mass is 15.5. The lowest BCUT2D eigenvalue weighted by molar-refractivity contribution is 0.114. The predicted octanol–water partition coefficient (Wildman–Crippen LogP) is 5.07.